The third-order valence-electron chi connectivity index (χ3n) is 4.07. The molecule has 1 fully saturated rings. The lowest BCUT2D eigenvalue weighted by Gasteiger charge is -2.22. The number of nitrogens with zero attached hydrogens (tertiary/aromatic N) is 3. The number of nitrogens with one attached hydrogen (secondary N) is 2. The minimum atomic E-state index is -0.586. The Morgan fingerprint density at radius 1 is 1.44 bits per heavy atom. The Morgan fingerprint density at radius 2 is 2.28 bits per heavy atom. The predicted molar refractivity (Wildman–Crippen MR) is 90.5 cm³/mol. The Labute approximate surface area is 144 Å². The second kappa shape index (κ2) is 7.49. The molecule has 2 aromatic heterocycles. The van der Waals surface area contributed by atoms with E-state index in [-0.39, 0.29) is 17.2 Å². The fourth-order valence-corrected chi connectivity index (χ4v) is 2.87. The molecule has 3 heterocycles. The molecule has 3 N–H and O–H groups in total. The van der Waals surface area contributed by atoms with Crippen LogP contribution in [0.5, 0.6) is 0 Å². The van der Waals surface area contributed by atoms with Crippen LogP contribution in [0, 0.1) is 0 Å². The largest absolute Gasteiger partial charge is 0.455 e. The number of aliphatic hydroxyl groups excluding tert-OH is 1. The minimum absolute atomic E-state index is 0.224. The summed E-state index contributed by atoms with van der Waals surface area (Å²) in [6.07, 6.45) is 0.771. The van der Waals surface area contributed by atoms with Crippen LogP contribution in [0.3, 0.4) is 0 Å². The molecule has 9 heteroatoms. The monoisotopic (exact) mass is 347 g/mol. The lowest BCUT2D eigenvalue weighted by atomic mass is 10.3. The number of hydrogen-bond acceptors (Lipinski definition) is 7. The smallest absolute Gasteiger partial charge is 0.286 e. The predicted octanol–water partition coefficient (Wildman–Crippen LogP) is -0.594. The van der Waals surface area contributed by atoms with Crippen molar-refractivity contribution in [1.82, 2.24) is 20.2 Å². The van der Waals surface area contributed by atoms with Crippen LogP contribution < -0.4 is 15.8 Å². The number of aliphatic hydroxyl groups is 1. The summed E-state index contributed by atoms with van der Waals surface area (Å²) in [7, 11) is 1.55. The van der Waals surface area contributed by atoms with Gasteiger partial charge in [0.1, 0.15) is 11.6 Å². The van der Waals surface area contributed by atoms with E-state index in [0.717, 1.165) is 0 Å². The fourth-order valence-electron chi connectivity index (χ4n) is 2.87. The van der Waals surface area contributed by atoms with Gasteiger partial charge in [0.25, 0.3) is 11.5 Å². The van der Waals surface area contributed by atoms with E-state index in [1.54, 1.807) is 19.2 Å². The number of aromatic nitrogens is 2. The van der Waals surface area contributed by atoms with Crippen molar-refractivity contribution in [2.75, 3.05) is 38.1 Å². The number of hydrogen-bond donors (Lipinski definition) is 3. The number of β-amino-alcohol motifs (C(OH)–C–C–N with tert-alkyl or cyclic N) is 1. The highest BCUT2D eigenvalue weighted by molar-refractivity contribution is 5.91. The molecule has 1 saturated heterocycles. The second-order valence-electron chi connectivity index (χ2n) is 5.95. The van der Waals surface area contributed by atoms with Crippen molar-refractivity contribution in [2.45, 2.75) is 12.6 Å². The van der Waals surface area contributed by atoms with Gasteiger partial charge in [-0.05, 0) is 12.1 Å². The number of aromatic amines is 1. The van der Waals surface area contributed by atoms with Gasteiger partial charge >= 0.3 is 0 Å². The number of carbonyl (C=O) groups is 1. The zero-order chi connectivity index (χ0) is 17.8. The van der Waals surface area contributed by atoms with Gasteiger partial charge < -0.3 is 24.7 Å². The Hall–Kier alpha value is -2.65. The molecule has 3 rings (SSSR count). The van der Waals surface area contributed by atoms with Gasteiger partial charge in [-0.2, -0.15) is 0 Å². The summed E-state index contributed by atoms with van der Waals surface area (Å²) in [5.41, 5.74) is -0.224. The molecular formula is C16H21N5O4. The number of anilines is 1. The fraction of sp³-hybridized carbons (Fsp3) is 0.438. The van der Waals surface area contributed by atoms with Gasteiger partial charge in [0, 0.05) is 39.3 Å². The van der Waals surface area contributed by atoms with Gasteiger partial charge in [-0.1, -0.05) is 0 Å². The molecule has 1 aliphatic heterocycles. The van der Waals surface area contributed by atoms with Gasteiger partial charge in [-0.25, -0.2) is 4.98 Å². The van der Waals surface area contributed by atoms with Crippen molar-refractivity contribution >= 4 is 11.7 Å². The van der Waals surface area contributed by atoms with E-state index in [9.17, 15) is 14.7 Å². The summed E-state index contributed by atoms with van der Waals surface area (Å²) in [4.78, 5) is 33.6. The summed E-state index contributed by atoms with van der Waals surface area (Å²) in [6, 6.07) is 4.82. The summed E-state index contributed by atoms with van der Waals surface area (Å²) in [6.45, 7) is 2.65. The number of carbonyl (C=O) groups excluding carboxylic acids is 1. The average Bonchev–Trinajstić information content (AvgIpc) is 2.97. The van der Waals surface area contributed by atoms with E-state index >= 15 is 0 Å². The van der Waals surface area contributed by atoms with Crippen LogP contribution in [0.1, 0.15) is 16.3 Å². The molecule has 0 aromatic carbocycles. The molecule has 134 valence electrons. The first-order chi connectivity index (χ1) is 12.0. The lowest BCUT2D eigenvalue weighted by molar-refractivity contribution is 0.0927. The molecule has 0 saturated carbocycles. The summed E-state index contributed by atoms with van der Waals surface area (Å²) < 4.78 is 5.54. The molecule has 2 aromatic rings. The van der Waals surface area contributed by atoms with E-state index in [0.29, 0.717) is 44.3 Å². The topological polar surface area (TPSA) is 115 Å². The van der Waals surface area contributed by atoms with Crippen molar-refractivity contribution in [2.24, 2.45) is 0 Å². The molecule has 0 spiro atoms. The first-order valence-electron chi connectivity index (χ1n) is 8.06. The molecule has 0 bridgehead atoms. The van der Waals surface area contributed by atoms with Gasteiger partial charge in [0.15, 0.2) is 5.76 Å². The number of rotatable bonds is 4. The standard InChI is InChI=1S/C16H21N5O4/c1-17-16(24)13-3-2-12(25-13)9-20-4-5-21(8-11(22)7-20)14-6-15(23)19-10-18-14/h2-3,6,10-11,22H,4-5,7-9H2,1H3,(H,17,24)(H,18,19,23). The lowest BCUT2D eigenvalue weighted by Crippen LogP contribution is -2.34. The molecular weight excluding hydrogens is 326 g/mol. The highest BCUT2D eigenvalue weighted by Crippen LogP contribution is 2.15. The molecule has 1 amide bonds. The first-order valence-corrected chi connectivity index (χ1v) is 8.06. The third-order valence-corrected chi connectivity index (χ3v) is 4.07. The molecule has 0 radical (unpaired) electrons. The van der Waals surface area contributed by atoms with Crippen molar-refractivity contribution in [3.63, 3.8) is 0 Å². The third kappa shape index (κ3) is 4.25. The summed E-state index contributed by atoms with van der Waals surface area (Å²) in [5.74, 6) is 1.20. The second-order valence-corrected chi connectivity index (χ2v) is 5.95. The van der Waals surface area contributed by atoms with Crippen LogP contribution in [-0.4, -0.2) is 65.2 Å². The maximum absolute atomic E-state index is 11.6. The summed E-state index contributed by atoms with van der Waals surface area (Å²) in [5, 5.41) is 12.8. The average molecular weight is 347 g/mol. The molecule has 25 heavy (non-hydrogen) atoms. The van der Waals surface area contributed by atoms with Crippen LogP contribution >= 0.6 is 0 Å². The van der Waals surface area contributed by atoms with Crippen LogP contribution in [0.4, 0.5) is 5.82 Å². The van der Waals surface area contributed by atoms with Crippen LogP contribution in [0.2, 0.25) is 0 Å². The van der Waals surface area contributed by atoms with Gasteiger partial charge in [-0.15, -0.1) is 0 Å². The highest BCUT2D eigenvalue weighted by atomic mass is 16.4. The van der Waals surface area contributed by atoms with E-state index in [1.807, 2.05) is 9.80 Å². The van der Waals surface area contributed by atoms with E-state index < -0.39 is 6.10 Å². The molecule has 9 nitrogen and oxygen atoms in total. The zero-order valence-electron chi connectivity index (χ0n) is 13.9. The van der Waals surface area contributed by atoms with Crippen molar-refractivity contribution in [3.05, 3.63) is 46.4 Å². The Kier molecular flexibility index (Phi) is 5.15. The summed E-state index contributed by atoms with van der Waals surface area (Å²) >= 11 is 0. The Morgan fingerprint density at radius 3 is 3.04 bits per heavy atom. The van der Waals surface area contributed by atoms with Crippen LogP contribution in [0.25, 0.3) is 0 Å². The Bertz CT molecular complexity index is 787. The zero-order valence-corrected chi connectivity index (χ0v) is 13.9. The van der Waals surface area contributed by atoms with Gasteiger partial charge in [0.2, 0.25) is 0 Å². The van der Waals surface area contributed by atoms with E-state index in [2.05, 4.69) is 15.3 Å². The molecule has 1 unspecified atom stereocenters. The van der Waals surface area contributed by atoms with Crippen molar-refractivity contribution in [1.29, 1.82) is 0 Å². The normalized spacial score (nSPS) is 18.8. The highest BCUT2D eigenvalue weighted by Gasteiger charge is 2.23. The van der Waals surface area contributed by atoms with Gasteiger partial charge in [-0.3, -0.25) is 14.5 Å². The van der Waals surface area contributed by atoms with Crippen LogP contribution in [0.15, 0.2) is 33.7 Å². The quantitative estimate of drug-likeness (QED) is 0.677. The van der Waals surface area contributed by atoms with Crippen molar-refractivity contribution in [3.8, 4) is 0 Å². The maximum atomic E-state index is 11.6. The van der Waals surface area contributed by atoms with E-state index in [1.165, 1.54) is 12.4 Å². The first kappa shape index (κ1) is 17.2. The van der Waals surface area contributed by atoms with E-state index in [4.69, 9.17) is 4.42 Å². The van der Waals surface area contributed by atoms with Crippen LogP contribution in [-0.2, 0) is 6.54 Å². The number of amides is 1. The molecule has 1 atom stereocenters. The van der Waals surface area contributed by atoms with Gasteiger partial charge in [0.05, 0.1) is 19.0 Å². The SMILES string of the molecule is CNC(=O)c1ccc(CN2CCN(c3cc(=O)[nH]cn3)CC(O)C2)o1. The number of furan rings is 1. The molecule has 0 aliphatic carbocycles. The molecule has 1 aliphatic rings. The minimum Gasteiger partial charge on any atom is -0.455 e. The maximum Gasteiger partial charge on any atom is 0.286 e. The van der Waals surface area contributed by atoms with Crippen molar-refractivity contribution < 1.29 is 14.3 Å². The number of H-pyrrole nitrogens is 1. The Balaban J connectivity index is 1.66.